The first-order chi connectivity index (χ1) is 16.7. The van der Waals surface area contributed by atoms with Gasteiger partial charge in [0.05, 0.1) is 26.7 Å². The molecule has 2 aliphatic rings. The number of ether oxygens (including phenoxy) is 4. The van der Waals surface area contributed by atoms with Gasteiger partial charge in [-0.2, -0.15) is 4.98 Å². The van der Waals surface area contributed by atoms with Crippen molar-refractivity contribution >= 4 is 11.8 Å². The monoisotopic (exact) mass is 483 g/mol. The van der Waals surface area contributed by atoms with Crippen molar-refractivity contribution in [2.75, 3.05) is 31.7 Å². The maximum absolute atomic E-state index is 12.1. The second-order valence-electron chi connectivity index (χ2n) is 10.5. The second-order valence-corrected chi connectivity index (χ2v) is 10.5. The summed E-state index contributed by atoms with van der Waals surface area (Å²) in [5, 5.41) is 0. The Labute approximate surface area is 207 Å². The Hall–Kier alpha value is -3.03. The van der Waals surface area contributed by atoms with E-state index in [1.54, 1.807) is 7.11 Å². The summed E-state index contributed by atoms with van der Waals surface area (Å²) in [5.41, 5.74) is 0.616. The van der Waals surface area contributed by atoms with Crippen molar-refractivity contribution in [3.05, 3.63) is 36.2 Å². The van der Waals surface area contributed by atoms with Crippen LogP contribution in [0.3, 0.4) is 0 Å². The Bertz CT molecular complexity index is 1000. The predicted molar refractivity (Wildman–Crippen MR) is 133 cm³/mol. The van der Waals surface area contributed by atoms with E-state index in [2.05, 4.69) is 14.9 Å². The minimum Gasteiger partial charge on any atom is -0.489 e. The Morgan fingerprint density at radius 2 is 1.89 bits per heavy atom. The smallest absolute Gasteiger partial charge is 0.306 e. The lowest BCUT2D eigenvalue weighted by molar-refractivity contribution is -0.155. The van der Waals surface area contributed by atoms with Gasteiger partial charge in [-0.3, -0.25) is 4.79 Å². The minimum atomic E-state index is -0.468. The third-order valence-electron chi connectivity index (χ3n) is 6.20. The number of hydrogen-bond donors (Lipinski definition) is 0. The Balaban J connectivity index is 1.32. The van der Waals surface area contributed by atoms with Gasteiger partial charge in [-0.1, -0.05) is 19.1 Å². The summed E-state index contributed by atoms with van der Waals surface area (Å²) in [5.74, 6) is 3.16. The van der Waals surface area contributed by atoms with Crippen LogP contribution in [-0.2, 0) is 9.53 Å². The molecule has 4 rings (SSSR count). The molecule has 1 aliphatic carbocycles. The molecule has 2 atom stereocenters. The van der Waals surface area contributed by atoms with E-state index in [0.29, 0.717) is 37.1 Å². The fourth-order valence-corrected chi connectivity index (χ4v) is 4.17. The van der Waals surface area contributed by atoms with Crippen molar-refractivity contribution < 1.29 is 23.7 Å². The molecule has 8 heteroatoms. The first kappa shape index (κ1) is 25.1. The zero-order valence-corrected chi connectivity index (χ0v) is 21.5. The fourth-order valence-electron chi connectivity index (χ4n) is 4.17. The molecule has 0 amide bonds. The topological polar surface area (TPSA) is 83.0 Å². The van der Waals surface area contributed by atoms with E-state index in [0.717, 1.165) is 30.1 Å². The van der Waals surface area contributed by atoms with E-state index in [-0.39, 0.29) is 18.0 Å². The molecule has 0 spiro atoms. The summed E-state index contributed by atoms with van der Waals surface area (Å²) >= 11 is 0. The van der Waals surface area contributed by atoms with Crippen LogP contribution in [0.4, 0.5) is 5.82 Å². The molecule has 1 saturated heterocycles. The molecular formula is C27H37N3O5. The summed E-state index contributed by atoms with van der Waals surface area (Å²) in [6.45, 7) is 9.87. The fraction of sp³-hybridized carbons (Fsp3) is 0.593. The molecule has 1 aliphatic heterocycles. The normalized spacial score (nSPS) is 18.8. The maximum Gasteiger partial charge on any atom is 0.306 e. The van der Waals surface area contributed by atoms with Gasteiger partial charge in [-0.25, -0.2) is 4.98 Å². The highest BCUT2D eigenvalue weighted by molar-refractivity contribution is 5.71. The van der Waals surface area contributed by atoms with Crippen molar-refractivity contribution in [1.29, 1.82) is 0 Å². The summed E-state index contributed by atoms with van der Waals surface area (Å²) in [6.07, 6.45) is 5.23. The number of carbonyl (C=O) groups is 1. The van der Waals surface area contributed by atoms with Gasteiger partial charge in [0.25, 0.3) is 5.88 Å². The van der Waals surface area contributed by atoms with E-state index < -0.39 is 5.60 Å². The number of methoxy groups -OCH3 is 1. The molecular weight excluding hydrogens is 446 g/mol. The Morgan fingerprint density at radius 1 is 1.14 bits per heavy atom. The van der Waals surface area contributed by atoms with Crippen LogP contribution in [-0.4, -0.2) is 54.4 Å². The first-order valence-electron chi connectivity index (χ1n) is 12.5. The van der Waals surface area contributed by atoms with E-state index in [1.807, 2.05) is 52.0 Å². The molecule has 0 N–H and O–H groups in total. The van der Waals surface area contributed by atoms with Gasteiger partial charge < -0.3 is 23.8 Å². The molecule has 0 radical (unpaired) electrons. The van der Waals surface area contributed by atoms with Crippen LogP contribution in [0.25, 0.3) is 0 Å². The third kappa shape index (κ3) is 6.99. The van der Waals surface area contributed by atoms with Crippen LogP contribution in [0.1, 0.15) is 64.9 Å². The lowest BCUT2D eigenvalue weighted by Crippen LogP contribution is -2.26. The first-order valence-corrected chi connectivity index (χ1v) is 12.5. The molecule has 35 heavy (non-hydrogen) atoms. The number of rotatable bonds is 10. The molecule has 2 fully saturated rings. The average molecular weight is 484 g/mol. The van der Waals surface area contributed by atoms with E-state index in [9.17, 15) is 4.79 Å². The Kier molecular flexibility index (Phi) is 7.67. The van der Waals surface area contributed by atoms with Gasteiger partial charge >= 0.3 is 5.97 Å². The molecule has 1 saturated carbocycles. The van der Waals surface area contributed by atoms with Crippen LogP contribution in [0.2, 0.25) is 0 Å². The van der Waals surface area contributed by atoms with Crippen LogP contribution in [0.5, 0.6) is 17.4 Å². The number of benzene rings is 1. The highest BCUT2D eigenvalue weighted by Crippen LogP contribution is 2.37. The minimum absolute atomic E-state index is 0.0375. The molecule has 8 nitrogen and oxygen atoms in total. The van der Waals surface area contributed by atoms with E-state index in [4.69, 9.17) is 18.9 Å². The summed E-state index contributed by atoms with van der Waals surface area (Å²) in [7, 11) is 1.63. The number of esters is 1. The predicted octanol–water partition coefficient (Wildman–Crippen LogP) is 4.77. The number of carbonyl (C=O) groups excluding carboxylic acids is 1. The molecule has 190 valence electrons. The maximum atomic E-state index is 12.1. The third-order valence-corrected chi connectivity index (χ3v) is 6.20. The van der Waals surface area contributed by atoms with Crippen molar-refractivity contribution in [2.45, 2.75) is 71.0 Å². The van der Waals surface area contributed by atoms with E-state index >= 15 is 0 Å². The van der Waals surface area contributed by atoms with Gasteiger partial charge in [0.15, 0.2) is 5.82 Å². The highest BCUT2D eigenvalue weighted by atomic mass is 16.6. The van der Waals surface area contributed by atoms with Gasteiger partial charge in [-0.05, 0) is 63.1 Å². The van der Waals surface area contributed by atoms with Crippen LogP contribution < -0.4 is 19.1 Å². The zero-order chi connectivity index (χ0) is 25.0. The molecule has 2 aromatic rings. The van der Waals surface area contributed by atoms with Gasteiger partial charge in [-0.15, -0.1) is 0 Å². The van der Waals surface area contributed by atoms with Crippen LogP contribution in [0.15, 0.2) is 30.6 Å². The quantitative estimate of drug-likeness (QED) is 0.447. The lowest BCUT2D eigenvalue weighted by Gasteiger charge is -2.21. The zero-order valence-electron chi connectivity index (χ0n) is 21.5. The highest BCUT2D eigenvalue weighted by Gasteiger charge is 2.30. The lowest BCUT2D eigenvalue weighted by atomic mass is 9.98. The summed E-state index contributed by atoms with van der Waals surface area (Å²) in [6, 6.07) is 7.99. The SMILES string of the molecule is COc1c(OCC2CC2)ncnc1N1CC[C@@H](Oc2ccc([C@H](C)CC(=O)OC(C)(C)C)cc2)C1. The summed E-state index contributed by atoms with van der Waals surface area (Å²) in [4.78, 5) is 23.1. The molecule has 0 unspecified atom stereocenters. The van der Waals surface area contributed by atoms with Gasteiger partial charge in [0.2, 0.25) is 5.75 Å². The second kappa shape index (κ2) is 10.7. The standard InChI is InChI=1S/C27H37N3O5/c1-18(14-23(31)35-27(2,3)4)20-8-10-21(11-9-20)34-22-12-13-30(15-22)25-24(32-5)26(29-17-28-25)33-16-19-6-7-19/h8-11,17-19,22H,6-7,12-16H2,1-5H3/t18-,22-/m1/s1. The van der Waals surface area contributed by atoms with Crippen LogP contribution in [0, 0.1) is 5.92 Å². The number of hydrogen-bond acceptors (Lipinski definition) is 8. The molecule has 1 aromatic carbocycles. The molecule has 1 aromatic heterocycles. The Morgan fingerprint density at radius 3 is 2.54 bits per heavy atom. The average Bonchev–Trinajstić information content (AvgIpc) is 3.53. The van der Waals surface area contributed by atoms with Crippen molar-refractivity contribution in [1.82, 2.24) is 9.97 Å². The number of aromatic nitrogens is 2. The number of nitrogens with zero attached hydrogens (tertiary/aromatic N) is 3. The molecule has 2 heterocycles. The van der Waals surface area contributed by atoms with E-state index in [1.165, 1.54) is 19.2 Å². The van der Waals surface area contributed by atoms with Crippen molar-refractivity contribution in [2.24, 2.45) is 5.92 Å². The van der Waals surface area contributed by atoms with Gasteiger partial charge in [0.1, 0.15) is 23.8 Å². The van der Waals surface area contributed by atoms with Crippen LogP contribution >= 0.6 is 0 Å². The number of anilines is 1. The summed E-state index contributed by atoms with van der Waals surface area (Å²) < 4.78 is 23.2. The van der Waals surface area contributed by atoms with Gasteiger partial charge in [0, 0.05) is 13.0 Å². The largest absolute Gasteiger partial charge is 0.489 e. The van der Waals surface area contributed by atoms with Crippen molar-refractivity contribution in [3.63, 3.8) is 0 Å². The molecule has 0 bridgehead atoms. The van der Waals surface area contributed by atoms with Crippen molar-refractivity contribution in [3.8, 4) is 17.4 Å².